The molecule has 0 aliphatic rings. The van der Waals surface area contributed by atoms with Crippen molar-refractivity contribution in [2.75, 3.05) is 0 Å². The second-order valence-corrected chi connectivity index (χ2v) is 6.25. The second kappa shape index (κ2) is 5.24. The molecule has 7 heteroatoms. The molecule has 0 spiro atoms. The van der Waals surface area contributed by atoms with Gasteiger partial charge in [0.05, 0.1) is 0 Å². The number of aromatic amines is 1. The summed E-state index contributed by atoms with van der Waals surface area (Å²) < 4.78 is 3.28. The van der Waals surface area contributed by atoms with E-state index < -0.39 is 5.69 Å². The van der Waals surface area contributed by atoms with E-state index in [2.05, 4.69) is 23.8 Å². The van der Waals surface area contributed by atoms with Crippen LogP contribution >= 0.6 is 11.8 Å². The fourth-order valence-electron chi connectivity index (χ4n) is 1.95. The molecule has 0 bridgehead atoms. The van der Waals surface area contributed by atoms with E-state index in [1.807, 2.05) is 11.5 Å². The van der Waals surface area contributed by atoms with Crippen LogP contribution in [0.15, 0.2) is 14.7 Å². The molecule has 0 aliphatic carbocycles. The third-order valence-corrected chi connectivity index (χ3v) is 3.75. The van der Waals surface area contributed by atoms with Gasteiger partial charge in [0, 0.05) is 18.8 Å². The monoisotopic (exact) mass is 282 g/mol. The van der Waals surface area contributed by atoms with Gasteiger partial charge in [0.15, 0.2) is 16.3 Å². The smallest absolute Gasteiger partial charge is 0.313 e. The van der Waals surface area contributed by atoms with Gasteiger partial charge < -0.3 is 4.57 Å². The molecule has 1 N–H and O–H groups in total. The van der Waals surface area contributed by atoms with Gasteiger partial charge in [-0.2, -0.15) is 0 Å². The number of H-pyrrole nitrogens is 1. The van der Waals surface area contributed by atoms with Gasteiger partial charge >= 0.3 is 5.69 Å². The molecule has 2 aromatic rings. The molecule has 0 saturated carbocycles. The van der Waals surface area contributed by atoms with E-state index in [1.165, 1.54) is 4.57 Å². The van der Waals surface area contributed by atoms with Gasteiger partial charge in [-0.05, 0) is 6.42 Å². The summed E-state index contributed by atoms with van der Waals surface area (Å²) in [7, 11) is 1.62. The van der Waals surface area contributed by atoms with Gasteiger partial charge in [0.2, 0.25) is 0 Å². The summed E-state index contributed by atoms with van der Waals surface area (Å²) in [5.74, 6) is 0. The lowest BCUT2D eigenvalue weighted by molar-refractivity contribution is 0.635. The molecule has 0 unspecified atom stereocenters. The van der Waals surface area contributed by atoms with Crippen LogP contribution in [0.1, 0.15) is 27.2 Å². The van der Waals surface area contributed by atoms with Gasteiger partial charge in [-0.1, -0.05) is 32.5 Å². The Morgan fingerprint density at radius 1 is 1.37 bits per heavy atom. The number of fused-ring (bicyclic) bond motifs is 1. The Kier molecular flexibility index (Phi) is 3.84. The topological polar surface area (TPSA) is 72.7 Å². The molecular weight excluding hydrogens is 264 g/mol. The van der Waals surface area contributed by atoms with Crippen LogP contribution in [0.3, 0.4) is 0 Å². The van der Waals surface area contributed by atoms with Crippen molar-refractivity contribution >= 4 is 22.9 Å². The predicted octanol–water partition coefficient (Wildman–Crippen LogP) is 1.33. The minimum absolute atomic E-state index is 0.364. The van der Waals surface area contributed by atoms with Crippen LogP contribution in [0.25, 0.3) is 11.2 Å². The summed E-state index contributed by atoms with van der Waals surface area (Å²) in [6, 6.07) is 0. The van der Waals surface area contributed by atoms with Crippen LogP contribution < -0.4 is 11.2 Å². The predicted molar refractivity (Wildman–Crippen MR) is 76.9 cm³/mol. The number of aromatic nitrogens is 4. The van der Waals surface area contributed by atoms with Crippen molar-refractivity contribution in [1.29, 1.82) is 0 Å². The van der Waals surface area contributed by atoms with E-state index in [4.69, 9.17) is 0 Å². The third kappa shape index (κ3) is 2.47. The SMILES string of the molecule is CCCn1c(SC(C)C)nc2c1c(=O)[nH]c(=O)n2C. The first-order valence-electron chi connectivity index (χ1n) is 6.31. The number of thioether (sulfide) groups is 1. The molecule has 2 rings (SSSR count). The minimum atomic E-state index is -0.431. The molecule has 19 heavy (non-hydrogen) atoms. The first kappa shape index (κ1) is 13.9. The quantitative estimate of drug-likeness (QED) is 0.859. The lowest BCUT2D eigenvalue weighted by Gasteiger charge is -2.08. The maximum atomic E-state index is 12.0. The van der Waals surface area contributed by atoms with Crippen molar-refractivity contribution in [1.82, 2.24) is 19.1 Å². The third-order valence-electron chi connectivity index (χ3n) is 2.76. The average molecular weight is 282 g/mol. The van der Waals surface area contributed by atoms with Crippen molar-refractivity contribution in [3.8, 4) is 0 Å². The molecule has 0 fully saturated rings. The first-order valence-corrected chi connectivity index (χ1v) is 7.19. The molecule has 0 saturated heterocycles. The Balaban J connectivity index is 2.80. The highest BCUT2D eigenvalue weighted by atomic mass is 32.2. The van der Waals surface area contributed by atoms with Crippen LogP contribution in [0.4, 0.5) is 0 Å². The Hall–Kier alpha value is -1.50. The average Bonchev–Trinajstić information content (AvgIpc) is 2.66. The van der Waals surface area contributed by atoms with Crippen LogP contribution in [0.5, 0.6) is 0 Å². The highest BCUT2D eigenvalue weighted by molar-refractivity contribution is 7.99. The molecule has 0 aliphatic heterocycles. The fourth-order valence-corrected chi connectivity index (χ4v) is 2.82. The lowest BCUT2D eigenvalue weighted by Crippen LogP contribution is -2.29. The van der Waals surface area contributed by atoms with Crippen molar-refractivity contribution in [3.63, 3.8) is 0 Å². The standard InChI is InChI=1S/C12H18N4O2S/c1-5-6-16-8-9(13-12(16)19-7(2)3)15(4)11(18)14-10(8)17/h7H,5-6H2,1-4H3,(H,14,17,18). The van der Waals surface area contributed by atoms with Crippen molar-refractivity contribution in [2.45, 2.75) is 44.1 Å². The normalized spacial score (nSPS) is 11.6. The summed E-state index contributed by atoms with van der Waals surface area (Å²) in [5, 5.41) is 1.15. The summed E-state index contributed by atoms with van der Waals surface area (Å²) in [5.41, 5.74) is 0.131. The Morgan fingerprint density at radius 3 is 2.63 bits per heavy atom. The number of hydrogen-bond donors (Lipinski definition) is 1. The van der Waals surface area contributed by atoms with Gasteiger partial charge in [0.1, 0.15) is 0 Å². The molecule has 2 aromatic heterocycles. The van der Waals surface area contributed by atoms with Crippen LogP contribution in [0.2, 0.25) is 0 Å². The second-order valence-electron chi connectivity index (χ2n) is 4.70. The van der Waals surface area contributed by atoms with Crippen molar-refractivity contribution in [3.05, 3.63) is 20.8 Å². The summed E-state index contributed by atoms with van der Waals surface area (Å²) in [4.78, 5) is 30.4. The molecule has 2 heterocycles. The van der Waals surface area contributed by atoms with E-state index in [0.717, 1.165) is 11.6 Å². The maximum Gasteiger partial charge on any atom is 0.329 e. The zero-order valence-electron chi connectivity index (χ0n) is 11.6. The number of nitrogens with one attached hydrogen (secondary N) is 1. The molecule has 0 radical (unpaired) electrons. The lowest BCUT2D eigenvalue weighted by atomic mass is 10.4. The van der Waals surface area contributed by atoms with Gasteiger partial charge in [-0.25, -0.2) is 9.78 Å². The zero-order chi connectivity index (χ0) is 14.2. The molecular formula is C12H18N4O2S. The zero-order valence-corrected chi connectivity index (χ0v) is 12.4. The summed E-state index contributed by atoms with van der Waals surface area (Å²) in [6.45, 7) is 6.91. The molecule has 0 aromatic carbocycles. The molecule has 0 atom stereocenters. The Morgan fingerprint density at radius 2 is 2.05 bits per heavy atom. The number of imidazole rings is 1. The van der Waals surface area contributed by atoms with Gasteiger partial charge in [0.25, 0.3) is 5.56 Å². The van der Waals surface area contributed by atoms with Crippen LogP contribution in [-0.2, 0) is 13.6 Å². The molecule has 104 valence electrons. The maximum absolute atomic E-state index is 12.0. The molecule has 6 nitrogen and oxygen atoms in total. The highest BCUT2D eigenvalue weighted by Crippen LogP contribution is 2.25. The first-order chi connectivity index (χ1) is 8.95. The van der Waals surface area contributed by atoms with E-state index in [-0.39, 0.29) is 5.56 Å². The summed E-state index contributed by atoms with van der Waals surface area (Å²) in [6.07, 6.45) is 0.902. The number of nitrogens with zero attached hydrogens (tertiary/aromatic N) is 3. The van der Waals surface area contributed by atoms with E-state index in [1.54, 1.807) is 18.8 Å². The Labute approximate surface area is 114 Å². The van der Waals surface area contributed by atoms with E-state index in [9.17, 15) is 9.59 Å². The largest absolute Gasteiger partial charge is 0.329 e. The number of aryl methyl sites for hydroxylation is 2. The number of rotatable bonds is 4. The fraction of sp³-hybridized carbons (Fsp3) is 0.583. The van der Waals surface area contributed by atoms with Crippen molar-refractivity contribution in [2.24, 2.45) is 7.05 Å². The van der Waals surface area contributed by atoms with Gasteiger partial charge in [-0.3, -0.25) is 14.3 Å². The number of hydrogen-bond acceptors (Lipinski definition) is 4. The van der Waals surface area contributed by atoms with Crippen LogP contribution in [-0.4, -0.2) is 24.4 Å². The minimum Gasteiger partial charge on any atom is -0.313 e. The highest BCUT2D eigenvalue weighted by Gasteiger charge is 2.17. The summed E-state index contributed by atoms with van der Waals surface area (Å²) >= 11 is 1.60. The van der Waals surface area contributed by atoms with Crippen LogP contribution in [0, 0.1) is 0 Å². The van der Waals surface area contributed by atoms with Crippen molar-refractivity contribution < 1.29 is 0 Å². The van der Waals surface area contributed by atoms with Gasteiger partial charge in [-0.15, -0.1) is 0 Å². The van der Waals surface area contributed by atoms with E-state index in [0.29, 0.717) is 23.0 Å². The Bertz CT molecular complexity index is 711. The van der Waals surface area contributed by atoms with E-state index >= 15 is 0 Å². The molecule has 0 amide bonds.